The molecule has 0 fully saturated rings. The first-order valence-corrected chi connectivity index (χ1v) is 11.2. The van der Waals surface area contributed by atoms with Crippen molar-refractivity contribution >= 4 is 36.0 Å². The van der Waals surface area contributed by atoms with Crippen LogP contribution in [0, 0.1) is 0 Å². The molecule has 0 bridgehead atoms. The maximum atomic E-state index is 10.7. The highest BCUT2D eigenvalue weighted by Gasteiger charge is 2.05. The minimum Gasteiger partial charge on any atom is -0.478 e. The van der Waals surface area contributed by atoms with Gasteiger partial charge in [-0.3, -0.25) is 0 Å². The van der Waals surface area contributed by atoms with Gasteiger partial charge in [-0.05, 0) is 70.8 Å². The molecule has 8 heteroatoms. The Balaban J connectivity index is 0.000000212. The second-order valence-corrected chi connectivity index (χ2v) is 7.95. The summed E-state index contributed by atoms with van der Waals surface area (Å²) in [6.07, 6.45) is 3.67. The SMILES string of the molecule is O=C(O)c1ccc(-c2ccc(C(=O)O)cc2)cc1.O=C(O)c1ccc(/C=C/c2ccc(C(=O)O)cc2)cc1. The van der Waals surface area contributed by atoms with Crippen LogP contribution in [0.5, 0.6) is 0 Å². The topological polar surface area (TPSA) is 149 Å². The van der Waals surface area contributed by atoms with Crippen molar-refractivity contribution in [1.82, 2.24) is 0 Å². The van der Waals surface area contributed by atoms with Crippen LogP contribution >= 0.6 is 0 Å². The van der Waals surface area contributed by atoms with Gasteiger partial charge in [-0.15, -0.1) is 0 Å². The molecule has 0 atom stereocenters. The molecule has 4 N–H and O–H groups in total. The van der Waals surface area contributed by atoms with E-state index in [1.54, 1.807) is 48.5 Å². The summed E-state index contributed by atoms with van der Waals surface area (Å²) in [5, 5.41) is 35.1. The molecule has 190 valence electrons. The normalized spacial score (nSPS) is 10.3. The van der Waals surface area contributed by atoms with Gasteiger partial charge in [-0.25, -0.2) is 19.2 Å². The maximum Gasteiger partial charge on any atom is 0.335 e. The van der Waals surface area contributed by atoms with Crippen molar-refractivity contribution in [2.45, 2.75) is 0 Å². The molecule has 4 rings (SSSR count). The molecule has 0 aliphatic heterocycles. The molecule has 0 spiro atoms. The number of hydrogen-bond donors (Lipinski definition) is 4. The summed E-state index contributed by atoms with van der Waals surface area (Å²) in [7, 11) is 0. The van der Waals surface area contributed by atoms with Crippen LogP contribution in [0.1, 0.15) is 52.6 Å². The highest BCUT2D eigenvalue weighted by Crippen LogP contribution is 2.20. The Morgan fingerprint density at radius 2 is 0.579 bits per heavy atom. The predicted octanol–water partition coefficient (Wildman–Crippen LogP) is 6.00. The first-order valence-electron chi connectivity index (χ1n) is 11.2. The lowest BCUT2D eigenvalue weighted by Gasteiger charge is -2.03. The molecule has 0 unspecified atom stereocenters. The van der Waals surface area contributed by atoms with Crippen LogP contribution in [0.2, 0.25) is 0 Å². The Morgan fingerprint density at radius 1 is 0.368 bits per heavy atom. The van der Waals surface area contributed by atoms with Gasteiger partial charge in [0.1, 0.15) is 0 Å². The van der Waals surface area contributed by atoms with E-state index in [2.05, 4.69) is 0 Å². The van der Waals surface area contributed by atoms with Gasteiger partial charge >= 0.3 is 23.9 Å². The molecule has 0 aromatic heterocycles. The molecule has 0 aliphatic carbocycles. The molecule has 4 aromatic carbocycles. The van der Waals surface area contributed by atoms with Crippen LogP contribution < -0.4 is 0 Å². The van der Waals surface area contributed by atoms with Gasteiger partial charge in [-0.1, -0.05) is 60.7 Å². The third-order valence-corrected chi connectivity index (χ3v) is 5.38. The van der Waals surface area contributed by atoms with E-state index in [9.17, 15) is 19.2 Å². The number of benzene rings is 4. The number of hydrogen-bond acceptors (Lipinski definition) is 4. The van der Waals surface area contributed by atoms with Gasteiger partial charge in [0.2, 0.25) is 0 Å². The first kappa shape index (κ1) is 27.1. The van der Waals surface area contributed by atoms with Crippen molar-refractivity contribution in [1.29, 1.82) is 0 Å². The molecular formula is C30H22O8. The van der Waals surface area contributed by atoms with E-state index < -0.39 is 23.9 Å². The van der Waals surface area contributed by atoms with Crippen molar-refractivity contribution in [3.05, 3.63) is 130 Å². The summed E-state index contributed by atoms with van der Waals surface area (Å²) < 4.78 is 0. The van der Waals surface area contributed by atoms with Crippen molar-refractivity contribution in [3.8, 4) is 11.1 Å². The van der Waals surface area contributed by atoms with Crippen LogP contribution in [-0.2, 0) is 0 Å². The molecule has 8 nitrogen and oxygen atoms in total. The highest BCUT2D eigenvalue weighted by atomic mass is 16.4. The molecule has 0 heterocycles. The molecule has 0 radical (unpaired) electrons. The fraction of sp³-hybridized carbons (Fsp3) is 0. The van der Waals surface area contributed by atoms with E-state index in [4.69, 9.17) is 20.4 Å². The number of rotatable bonds is 7. The zero-order valence-electron chi connectivity index (χ0n) is 19.8. The van der Waals surface area contributed by atoms with Gasteiger partial charge in [-0.2, -0.15) is 0 Å². The van der Waals surface area contributed by atoms with Crippen molar-refractivity contribution < 1.29 is 39.6 Å². The van der Waals surface area contributed by atoms with E-state index in [1.807, 2.05) is 12.2 Å². The minimum atomic E-state index is -0.970. The number of aromatic carboxylic acids is 4. The Labute approximate surface area is 217 Å². The maximum absolute atomic E-state index is 10.7. The van der Waals surface area contributed by atoms with Gasteiger partial charge < -0.3 is 20.4 Å². The third kappa shape index (κ3) is 7.50. The van der Waals surface area contributed by atoms with Gasteiger partial charge in [0.25, 0.3) is 0 Å². The average molecular weight is 510 g/mol. The molecule has 4 aromatic rings. The summed E-state index contributed by atoms with van der Waals surface area (Å²) in [5.74, 6) is -3.85. The summed E-state index contributed by atoms with van der Waals surface area (Å²) >= 11 is 0. The van der Waals surface area contributed by atoms with Crippen LogP contribution in [0.15, 0.2) is 97.1 Å². The molecule has 0 aliphatic rings. The summed E-state index contributed by atoms with van der Waals surface area (Å²) in [6.45, 7) is 0. The largest absolute Gasteiger partial charge is 0.478 e. The second kappa shape index (κ2) is 12.5. The zero-order chi connectivity index (χ0) is 27.7. The lowest BCUT2D eigenvalue weighted by molar-refractivity contribution is 0.0686. The zero-order valence-corrected chi connectivity index (χ0v) is 19.8. The molecule has 38 heavy (non-hydrogen) atoms. The quantitative estimate of drug-likeness (QED) is 0.221. The predicted molar refractivity (Wildman–Crippen MR) is 142 cm³/mol. The van der Waals surface area contributed by atoms with E-state index in [0.717, 1.165) is 22.3 Å². The van der Waals surface area contributed by atoms with Crippen LogP contribution in [0.25, 0.3) is 23.3 Å². The van der Waals surface area contributed by atoms with Crippen LogP contribution in [0.3, 0.4) is 0 Å². The van der Waals surface area contributed by atoms with E-state index in [1.165, 1.54) is 48.5 Å². The highest BCUT2D eigenvalue weighted by molar-refractivity contribution is 5.90. The first-order chi connectivity index (χ1) is 18.1. The van der Waals surface area contributed by atoms with Gasteiger partial charge in [0, 0.05) is 0 Å². The molecule has 0 amide bonds. The monoisotopic (exact) mass is 510 g/mol. The summed E-state index contributed by atoms with van der Waals surface area (Å²) in [4.78, 5) is 42.8. The van der Waals surface area contributed by atoms with Gasteiger partial charge in [0.15, 0.2) is 0 Å². The lowest BCUT2D eigenvalue weighted by atomic mass is 10.0. The molecule has 0 saturated carbocycles. The fourth-order valence-electron chi connectivity index (χ4n) is 3.28. The third-order valence-electron chi connectivity index (χ3n) is 5.38. The Bertz CT molecular complexity index is 1350. The van der Waals surface area contributed by atoms with Crippen molar-refractivity contribution in [2.24, 2.45) is 0 Å². The van der Waals surface area contributed by atoms with E-state index >= 15 is 0 Å². The standard InChI is InChI=1S/C16H12O4.C14H10O4/c17-15(18)13-7-3-11(4-8-13)1-2-12-5-9-14(10-6-12)16(19)20;15-13(16)11-5-1-9(2-6-11)10-3-7-12(8-4-10)14(17)18/h1-10H,(H,17,18)(H,19,20);1-8H,(H,15,16)(H,17,18)/b2-1+;. The number of carboxylic acid groups (broad SMARTS) is 4. The smallest absolute Gasteiger partial charge is 0.335 e. The van der Waals surface area contributed by atoms with E-state index in [0.29, 0.717) is 0 Å². The Morgan fingerprint density at radius 3 is 0.789 bits per heavy atom. The minimum absolute atomic E-state index is 0.223. The number of carboxylic acids is 4. The van der Waals surface area contributed by atoms with Gasteiger partial charge in [0.05, 0.1) is 22.3 Å². The average Bonchev–Trinajstić information content (AvgIpc) is 2.93. The number of carbonyl (C=O) groups is 4. The molecular weight excluding hydrogens is 488 g/mol. The summed E-state index contributed by atoms with van der Waals surface area (Å²) in [6, 6.07) is 25.8. The lowest BCUT2D eigenvalue weighted by Crippen LogP contribution is -1.96. The van der Waals surface area contributed by atoms with Crippen LogP contribution in [-0.4, -0.2) is 44.3 Å². The van der Waals surface area contributed by atoms with Crippen molar-refractivity contribution in [2.75, 3.05) is 0 Å². The Hall–Kier alpha value is -5.50. The summed E-state index contributed by atoms with van der Waals surface area (Å²) in [5.41, 5.74) is 4.37. The second-order valence-electron chi connectivity index (χ2n) is 7.95. The Kier molecular flexibility index (Phi) is 8.88. The van der Waals surface area contributed by atoms with E-state index in [-0.39, 0.29) is 22.3 Å². The van der Waals surface area contributed by atoms with Crippen LogP contribution in [0.4, 0.5) is 0 Å². The van der Waals surface area contributed by atoms with Crippen molar-refractivity contribution in [3.63, 3.8) is 0 Å². The fourth-order valence-corrected chi connectivity index (χ4v) is 3.28. The molecule has 0 saturated heterocycles.